The van der Waals surface area contributed by atoms with Crippen molar-refractivity contribution in [2.75, 3.05) is 4.90 Å². The van der Waals surface area contributed by atoms with E-state index in [1.807, 2.05) is 0 Å². The van der Waals surface area contributed by atoms with Crippen LogP contribution in [0.2, 0.25) is 10.0 Å². The van der Waals surface area contributed by atoms with E-state index >= 15 is 0 Å². The first-order chi connectivity index (χ1) is 16.3. The Morgan fingerprint density at radius 1 is 1.00 bits per heavy atom. The molecule has 34 heavy (non-hydrogen) atoms. The smallest absolute Gasteiger partial charge is 0.308 e. The fourth-order valence-corrected chi connectivity index (χ4v) is 5.25. The fourth-order valence-electron chi connectivity index (χ4n) is 4.76. The molecule has 0 aliphatic carbocycles. The van der Waals surface area contributed by atoms with Crippen LogP contribution in [0.1, 0.15) is 17.3 Å². The number of anilines is 1. The SMILES string of the molecule is CC(=O)Oc1ccc(C(=O)[C@H]2[C@H]3C(=O)N(c4ccc(Cl)cc4Cl)C(=O)[C@@H]3[C@H]3C=CC=NN32)cc1. The summed E-state index contributed by atoms with van der Waals surface area (Å²) in [6.07, 6.45) is 4.97. The lowest BCUT2D eigenvalue weighted by atomic mass is 9.86. The number of esters is 1. The number of imide groups is 1. The van der Waals surface area contributed by atoms with E-state index in [1.165, 1.54) is 54.5 Å². The van der Waals surface area contributed by atoms with E-state index in [0.29, 0.717) is 16.3 Å². The van der Waals surface area contributed by atoms with Gasteiger partial charge in [-0.2, -0.15) is 5.10 Å². The standard InChI is InChI=1S/C24H17Cl2N3O5/c1-12(30)34-15-7-4-13(5-8-15)22(31)21-20-19(18-3-2-10-27-29(18)21)23(32)28(24(20)33)17-9-6-14(25)11-16(17)26/h2-11,18-21H,1H3/t18-,19-,20+,21-/m1/s1. The van der Waals surface area contributed by atoms with Gasteiger partial charge in [0, 0.05) is 23.7 Å². The highest BCUT2D eigenvalue weighted by Crippen LogP contribution is 2.47. The number of carbonyl (C=O) groups excluding carboxylic acids is 4. The summed E-state index contributed by atoms with van der Waals surface area (Å²) in [6.45, 7) is 1.28. The Morgan fingerprint density at radius 3 is 2.38 bits per heavy atom. The van der Waals surface area contributed by atoms with Gasteiger partial charge in [-0.3, -0.25) is 24.2 Å². The Balaban J connectivity index is 1.53. The van der Waals surface area contributed by atoms with E-state index < -0.39 is 41.7 Å². The van der Waals surface area contributed by atoms with Crippen LogP contribution in [0.4, 0.5) is 5.69 Å². The van der Waals surface area contributed by atoms with Crippen molar-refractivity contribution in [3.05, 3.63) is 70.2 Å². The molecule has 2 aromatic rings. The van der Waals surface area contributed by atoms with Crippen LogP contribution < -0.4 is 9.64 Å². The molecule has 3 aliphatic rings. The monoisotopic (exact) mass is 497 g/mol. The molecule has 172 valence electrons. The average molecular weight is 498 g/mol. The number of hydrogen-bond acceptors (Lipinski definition) is 7. The van der Waals surface area contributed by atoms with Crippen LogP contribution in [-0.4, -0.2) is 46.9 Å². The molecule has 0 radical (unpaired) electrons. The summed E-state index contributed by atoms with van der Waals surface area (Å²) in [5.41, 5.74) is 0.524. The molecule has 2 fully saturated rings. The highest BCUT2D eigenvalue weighted by atomic mass is 35.5. The first kappa shape index (κ1) is 22.3. The number of rotatable bonds is 4. The minimum absolute atomic E-state index is 0.159. The highest BCUT2D eigenvalue weighted by Gasteiger charge is 2.64. The number of fused-ring (bicyclic) bond motifs is 3. The van der Waals surface area contributed by atoms with E-state index in [-0.39, 0.29) is 16.5 Å². The molecular weight excluding hydrogens is 481 g/mol. The Morgan fingerprint density at radius 2 is 1.71 bits per heavy atom. The van der Waals surface area contributed by atoms with Crippen LogP contribution in [0.15, 0.2) is 59.7 Å². The Kier molecular flexibility index (Phi) is 5.50. The van der Waals surface area contributed by atoms with Crippen LogP contribution in [0.25, 0.3) is 0 Å². The molecule has 2 saturated heterocycles. The van der Waals surface area contributed by atoms with Gasteiger partial charge in [0.1, 0.15) is 11.8 Å². The van der Waals surface area contributed by atoms with Crippen LogP contribution in [-0.2, 0) is 14.4 Å². The number of nitrogens with zero attached hydrogens (tertiary/aromatic N) is 3. The predicted molar refractivity (Wildman–Crippen MR) is 125 cm³/mol. The minimum Gasteiger partial charge on any atom is -0.427 e. The normalized spacial score (nSPS) is 24.9. The highest BCUT2D eigenvalue weighted by molar-refractivity contribution is 6.38. The molecule has 8 nitrogen and oxygen atoms in total. The molecule has 0 spiro atoms. The van der Waals surface area contributed by atoms with Gasteiger partial charge in [-0.1, -0.05) is 29.3 Å². The van der Waals surface area contributed by atoms with Crippen molar-refractivity contribution in [3.8, 4) is 5.75 Å². The van der Waals surface area contributed by atoms with Crippen molar-refractivity contribution < 1.29 is 23.9 Å². The van der Waals surface area contributed by atoms with Gasteiger partial charge in [-0.15, -0.1) is 0 Å². The molecule has 4 atom stereocenters. The molecule has 0 unspecified atom stereocenters. The van der Waals surface area contributed by atoms with Crippen molar-refractivity contribution in [1.29, 1.82) is 0 Å². The number of ketones is 1. The van der Waals surface area contributed by atoms with Crippen molar-refractivity contribution >= 4 is 58.7 Å². The van der Waals surface area contributed by atoms with E-state index in [9.17, 15) is 19.2 Å². The van der Waals surface area contributed by atoms with E-state index in [1.54, 1.807) is 18.2 Å². The second-order valence-electron chi connectivity index (χ2n) is 8.11. The third kappa shape index (κ3) is 3.50. The zero-order valence-corrected chi connectivity index (χ0v) is 19.2. The lowest BCUT2D eigenvalue weighted by molar-refractivity contribution is -0.132. The fraction of sp³-hybridized carbons (Fsp3) is 0.208. The first-order valence-electron chi connectivity index (χ1n) is 10.4. The van der Waals surface area contributed by atoms with Gasteiger partial charge >= 0.3 is 5.97 Å². The van der Waals surface area contributed by atoms with Gasteiger partial charge in [-0.05, 0) is 48.5 Å². The number of carbonyl (C=O) groups is 4. The second kappa shape index (κ2) is 8.38. The van der Waals surface area contributed by atoms with Crippen molar-refractivity contribution in [2.24, 2.45) is 16.9 Å². The number of hydrazone groups is 1. The number of benzene rings is 2. The van der Waals surface area contributed by atoms with Gasteiger partial charge in [0.15, 0.2) is 5.78 Å². The molecule has 2 aromatic carbocycles. The third-order valence-corrected chi connectivity index (χ3v) is 6.65. The minimum atomic E-state index is -0.997. The summed E-state index contributed by atoms with van der Waals surface area (Å²) >= 11 is 12.3. The van der Waals surface area contributed by atoms with Crippen LogP contribution in [0.5, 0.6) is 5.75 Å². The predicted octanol–water partition coefficient (Wildman–Crippen LogP) is 3.52. The van der Waals surface area contributed by atoms with Gasteiger partial charge < -0.3 is 4.74 Å². The number of amides is 2. The van der Waals surface area contributed by atoms with E-state index in [0.717, 1.165) is 4.90 Å². The molecule has 10 heteroatoms. The zero-order valence-electron chi connectivity index (χ0n) is 17.7. The first-order valence-corrected chi connectivity index (χ1v) is 11.2. The number of halogens is 2. The van der Waals surface area contributed by atoms with Crippen LogP contribution >= 0.6 is 23.2 Å². The number of Topliss-reactive ketones (excluding diaryl/α,β-unsaturated/α-hetero) is 1. The Hall–Kier alpha value is -3.49. The summed E-state index contributed by atoms with van der Waals surface area (Å²) in [4.78, 5) is 52.9. The Bertz CT molecular complexity index is 1290. The van der Waals surface area contributed by atoms with Gasteiger partial charge in [-0.25, -0.2) is 4.90 Å². The van der Waals surface area contributed by atoms with Crippen molar-refractivity contribution in [2.45, 2.75) is 19.0 Å². The maximum Gasteiger partial charge on any atom is 0.308 e. The molecule has 3 heterocycles. The molecule has 0 bridgehead atoms. The maximum absolute atomic E-state index is 13.6. The summed E-state index contributed by atoms with van der Waals surface area (Å²) in [7, 11) is 0. The number of ether oxygens (including phenoxy) is 1. The molecule has 0 saturated carbocycles. The average Bonchev–Trinajstić information content (AvgIpc) is 3.27. The van der Waals surface area contributed by atoms with Crippen LogP contribution in [0, 0.1) is 11.8 Å². The summed E-state index contributed by atoms with van der Waals surface area (Å²) < 4.78 is 5.02. The molecule has 0 aromatic heterocycles. The lowest BCUT2D eigenvalue weighted by Gasteiger charge is -2.30. The molecule has 5 rings (SSSR count). The van der Waals surface area contributed by atoms with E-state index in [4.69, 9.17) is 27.9 Å². The largest absolute Gasteiger partial charge is 0.427 e. The molecule has 0 N–H and O–H groups in total. The van der Waals surface area contributed by atoms with E-state index in [2.05, 4.69) is 5.10 Å². The number of allylic oxidation sites excluding steroid dienone is 1. The summed E-state index contributed by atoms with van der Waals surface area (Å²) in [5, 5.41) is 6.37. The molecular formula is C24H17Cl2N3O5. The quantitative estimate of drug-likeness (QED) is 0.277. The summed E-state index contributed by atoms with van der Waals surface area (Å²) in [5.74, 6) is -3.29. The van der Waals surface area contributed by atoms with Gasteiger partial charge in [0.2, 0.25) is 11.8 Å². The van der Waals surface area contributed by atoms with Gasteiger partial charge in [0.25, 0.3) is 0 Å². The lowest BCUT2D eigenvalue weighted by Crippen LogP contribution is -2.46. The van der Waals surface area contributed by atoms with Gasteiger partial charge in [0.05, 0.1) is 28.6 Å². The van der Waals surface area contributed by atoms with Crippen LogP contribution in [0.3, 0.4) is 0 Å². The maximum atomic E-state index is 13.6. The zero-order chi connectivity index (χ0) is 24.1. The molecule has 2 amide bonds. The topological polar surface area (TPSA) is 96.3 Å². The van der Waals surface area contributed by atoms with Crippen molar-refractivity contribution in [1.82, 2.24) is 5.01 Å². The molecule has 3 aliphatic heterocycles. The number of hydrogen-bond donors (Lipinski definition) is 0. The summed E-state index contributed by atoms with van der Waals surface area (Å²) in [6, 6.07) is 8.99. The third-order valence-electron chi connectivity index (χ3n) is 6.11. The van der Waals surface area contributed by atoms with Crippen molar-refractivity contribution in [3.63, 3.8) is 0 Å². The second-order valence-corrected chi connectivity index (χ2v) is 8.95. The Labute approximate surface area is 204 Å².